The highest BCUT2D eigenvalue weighted by Gasteiger charge is 2.08. The maximum absolute atomic E-state index is 5.32. The van der Waals surface area contributed by atoms with Crippen LogP contribution in [0.5, 0.6) is 0 Å². The van der Waals surface area contributed by atoms with Gasteiger partial charge < -0.3 is 10.1 Å². The maximum Gasteiger partial charge on any atom is 0.0594 e. The molecule has 2 fully saturated rings. The summed E-state index contributed by atoms with van der Waals surface area (Å²) in [5, 5.41) is 3.37. The number of ether oxygens (including phenoxy) is 1. The predicted octanol–water partition coefficient (Wildman–Crippen LogP) is -0.220. The van der Waals surface area contributed by atoms with Gasteiger partial charge in [-0.15, -0.1) is 0 Å². The monoisotopic (exact) mass is 225 g/mol. The van der Waals surface area contributed by atoms with Crippen molar-refractivity contribution < 1.29 is 4.74 Å². The number of piperazine rings is 1. The third-order valence-electron chi connectivity index (χ3n) is 3.21. The molecule has 0 amide bonds. The Hall–Kier alpha value is -0.420. The van der Waals surface area contributed by atoms with Crippen molar-refractivity contribution in [2.24, 2.45) is 0 Å². The summed E-state index contributed by atoms with van der Waals surface area (Å²) in [5.41, 5.74) is 0. The quantitative estimate of drug-likeness (QED) is 0.670. The fraction of sp³-hybridized carbons (Fsp3) is 0.833. The maximum atomic E-state index is 5.32. The Morgan fingerprint density at radius 3 is 2.06 bits per heavy atom. The van der Waals surface area contributed by atoms with Gasteiger partial charge in [0.1, 0.15) is 0 Å². The molecule has 0 saturated carbocycles. The van der Waals surface area contributed by atoms with E-state index < -0.39 is 0 Å². The number of nitrogens with one attached hydrogen (secondary N) is 1. The van der Waals surface area contributed by atoms with E-state index in [9.17, 15) is 0 Å². The third kappa shape index (κ3) is 4.22. The fourth-order valence-corrected chi connectivity index (χ4v) is 2.12. The molecular weight excluding hydrogens is 202 g/mol. The van der Waals surface area contributed by atoms with Gasteiger partial charge >= 0.3 is 0 Å². The van der Waals surface area contributed by atoms with Crippen molar-refractivity contribution in [2.45, 2.75) is 0 Å². The summed E-state index contributed by atoms with van der Waals surface area (Å²) in [5.74, 6) is 0. The lowest BCUT2D eigenvalue weighted by atomic mass is 10.3. The molecule has 0 aromatic heterocycles. The standard InChI is InChI=1S/C12H23N3O/c1(5-14-7-3-13-4-8-14)2-6-15-9-11-16-12-10-15/h1-2,13H,3-12H2/b2-1-. The molecule has 2 heterocycles. The van der Waals surface area contributed by atoms with Crippen molar-refractivity contribution in [3.8, 4) is 0 Å². The van der Waals surface area contributed by atoms with Crippen molar-refractivity contribution in [3.63, 3.8) is 0 Å². The van der Waals surface area contributed by atoms with E-state index in [1.807, 2.05) is 0 Å². The van der Waals surface area contributed by atoms with Crippen molar-refractivity contribution >= 4 is 0 Å². The Bertz CT molecular complexity index is 186. The van der Waals surface area contributed by atoms with Gasteiger partial charge in [0, 0.05) is 52.4 Å². The third-order valence-corrected chi connectivity index (χ3v) is 3.21. The normalized spacial score (nSPS) is 25.2. The van der Waals surface area contributed by atoms with E-state index in [1.165, 1.54) is 13.1 Å². The lowest BCUT2D eigenvalue weighted by molar-refractivity contribution is 0.0434. The smallest absolute Gasteiger partial charge is 0.0594 e. The van der Waals surface area contributed by atoms with Gasteiger partial charge in [0.2, 0.25) is 0 Å². The second-order valence-corrected chi connectivity index (χ2v) is 4.43. The van der Waals surface area contributed by atoms with Gasteiger partial charge in [-0.2, -0.15) is 0 Å². The van der Waals surface area contributed by atoms with Crippen LogP contribution in [0.15, 0.2) is 12.2 Å². The zero-order valence-corrected chi connectivity index (χ0v) is 10.0. The topological polar surface area (TPSA) is 27.7 Å². The van der Waals surface area contributed by atoms with E-state index in [0.29, 0.717) is 0 Å². The molecule has 2 rings (SSSR count). The number of hydrogen-bond acceptors (Lipinski definition) is 4. The van der Waals surface area contributed by atoms with E-state index in [2.05, 4.69) is 27.3 Å². The summed E-state index contributed by atoms with van der Waals surface area (Å²) in [4.78, 5) is 4.93. The lowest BCUT2D eigenvalue weighted by Crippen LogP contribution is -2.43. The van der Waals surface area contributed by atoms with Crippen LogP contribution in [0.1, 0.15) is 0 Å². The first-order chi connectivity index (χ1) is 7.95. The molecule has 16 heavy (non-hydrogen) atoms. The van der Waals surface area contributed by atoms with E-state index in [-0.39, 0.29) is 0 Å². The molecule has 0 radical (unpaired) electrons. The van der Waals surface area contributed by atoms with Crippen LogP contribution < -0.4 is 5.32 Å². The number of rotatable bonds is 4. The Morgan fingerprint density at radius 2 is 1.44 bits per heavy atom. The molecule has 0 aromatic rings. The minimum absolute atomic E-state index is 0.894. The highest BCUT2D eigenvalue weighted by atomic mass is 16.5. The minimum atomic E-state index is 0.894. The summed E-state index contributed by atoms with van der Waals surface area (Å²) < 4.78 is 5.32. The molecule has 2 saturated heterocycles. The van der Waals surface area contributed by atoms with E-state index in [4.69, 9.17) is 4.74 Å². The zero-order chi connectivity index (χ0) is 11.1. The first-order valence-corrected chi connectivity index (χ1v) is 6.33. The Balaban J connectivity index is 1.57. The second kappa shape index (κ2) is 7.01. The Morgan fingerprint density at radius 1 is 0.875 bits per heavy atom. The van der Waals surface area contributed by atoms with Crippen LogP contribution in [0, 0.1) is 0 Å². The molecule has 2 aliphatic rings. The molecule has 2 aliphatic heterocycles. The van der Waals surface area contributed by atoms with E-state index in [0.717, 1.165) is 52.5 Å². The summed E-state index contributed by atoms with van der Waals surface area (Å²) in [6.45, 7) is 10.8. The first-order valence-electron chi connectivity index (χ1n) is 6.33. The van der Waals surface area contributed by atoms with Crippen molar-refractivity contribution in [2.75, 3.05) is 65.6 Å². The lowest BCUT2D eigenvalue weighted by Gasteiger charge is -2.26. The molecule has 0 aromatic carbocycles. The van der Waals surface area contributed by atoms with Crippen molar-refractivity contribution in [3.05, 3.63) is 12.2 Å². The molecule has 1 N–H and O–H groups in total. The van der Waals surface area contributed by atoms with Crippen LogP contribution in [-0.2, 0) is 4.74 Å². The second-order valence-electron chi connectivity index (χ2n) is 4.43. The molecule has 0 aliphatic carbocycles. The Kier molecular flexibility index (Phi) is 5.28. The van der Waals surface area contributed by atoms with Gasteiger partial charge in [0.15, 0.2) is 0 Å². The van der Waals surface area contributed by atoms with Crippen LogP contribution in [0.3, 0.4) is 0 Å². The predicted molar refractivity (Wildman–Crippen MR) is 65.7 cm³/mol. The Labute approximate surface area is 98.2 Å². The molecule has 0 spiro atoms. The number of nitrogens with zero attached hydrogens (tertiary/aromatic N) is 2. The van der Waals surface area contributed by atoms with Gasteiger partial charge in [-0.1, -0.05) is 12.2 Å². The van der Waals surface area contributed by atoms with E-state index in [1.54, 1.807) is 0 Å². The fourth-order valence-electron chi connectivity index (χ4n) is 2.12. The summed E-state index contributed by atoms with van der Waals surface area (Å²) in [6, 6.07) is 0. The molecular formula is C12H23N3O. The molecule has 4 heteroatoms. The van der Waals surface area contributed by atoms with Crippen molar-refractivity contribution in [1.29, 1.82) is 0 Å². The van der Waals surface area contributed by atoms with Gasteiger partial charge in [-0.3, -0.25) is 9.80 Å². The minimum Gasteiger partial charge on any atom is -0.379 e. The van der Waals surface area contributed by atoms with Crippen LogP contribution in [0.4, 0.5) is 0 Å². The highest BCUT2D eigenvalue weighted by molar-refractivity contribution is 4.89. The van der Waals surface area contributed by atoms with Crippen LogP contribution in [0.25, 0.3) is 0 Å². The molecule has 92 valence electrons. The van der Waals surface area contributed by atoms with Crippen molar-refractivity contribution in [1.82, 2.24) is 15.1 Å². The van der Waals surface area contributed by atoms with E-state index >= 15 is 0 Å². The zero-order valence-electron chi connectivity index (χ0n) is 10.0. The van der Waals surface area contributed by atoms with Crippen LogP contribution in [-0.4, -0.2) is 75.4 Å². The first kappa shape index (κ1) is 12.0. The SMILES string of the molecule is C(=C/CN1CCOCC1)/CN1CCNCC1. The largest absolute Gasteiger partial charge is 0.379 e. The van der Waals surface area contributed by atoms with Gasteiger partial charge in [-0.05, 0) is 0 Å². The van der Waals surface area contributed by atoms with Crippen LogP contribution in [0.2, 0.25) is 0 Å². The highest BCUT2D eigenvalue weighted by Crippen LogP contribution is 1.97. The molecule has 0 atom stereocenters. The molecule has 0 bridgehead atoms. The molecule has 0 unspecified atom stereocenters. The summed E-state index contributed by atoms with van der Waals surface area (Å²) in [7, 11) is 0. The van der Waals surface area contributed by atoms with Crippen LogP contribution >= 0.6 is 0 Å². The number of morpholine rings is 1. The molecule has 4 nitrogen and oxygen atoms in total. The average molecular weight is 225 g/mol. The average Bonchev–Trinajstić information content (AvgIpc) is 2.37. The van der Waals surface area contributed by atoms with Gasteiger partial charge in [0.25, 0.3) is 0 Å². The van der Waals surface area contributed by atoms with Gasteiger partial charge in [0.05, 0.1) is 13.2 Å². The summed E-state index contributed by atoms with van der Waals surface area (Å²) >= 11 is 0. The summed E-state index contributed by atoms with van der Waals surface area (Å²) in [6.07, 6.45) is 4.61. The number of hydrogen-bond donors (Lipinski definition) is 1. The van der Waals surface area contributed by atoms with Gasteiger partial charge in [-0.25, -0.2) is 0 Å².